The zero-order valence-electron chi connectivity index (χ0n) is 20.1. The van der Waals surface area contributed by atoms with E-state index in [-0.39, 0.29) is 5.69 Å². The SMILES string of the molecule is COc1ccc(-c2sc(C)nc2C(=O)O)cn1.COc1ccc2[nH]cc(CCNCC3CC3)c2c1. The van der Waals surface area contributed by atoms with Crippen molar-refractivity contribution in [2.24, 2.45) is 5.92 Å². The van der Waals surface area contributed by atoms with Gasteiger partial charge in [-0.25, -0.2) is 14.8 Å². The second-order valence-corrected chi connectivity index (χ2v) is 9.63. The first-order chi connectivity index (χ1) is 17.0. The van der Waals surface area contributed by atoms with E-state index in [1.807, 2.05) is 6.07 Å². The average molecular weight is 495 g/mol. The Hall–Kier alpha value is -3.43. The van der Waals surface area contributed by atoms with Crippen molar-refractivity contribution < 1.29 is 19.4 Å². The van der Waals surface area contributed by atoms with Crippen LogP contribution in [0.15, 0.2) is 42.7 Å². The molecule has 0 saturated heterocycles. The number of aryl methyl sites for hydroxylation is 1. The highest BCUT2D eigenvalue weighted by Crippen LogP contribution is 2.30. The maximum atomic E-state index is 11.0. The van der Waals surface area contributed by atoms with Crippen LogP contribution in [0.2, 0.25) is 0 Å². The summed E-state index contributed by atoms with van der Waals surface area (Å²) in [7, 11) is 3.24. The van der Waals surface area contributed by atoms with Gasteiger partial charge in [-0.15, -0.1) is 11.3 Å². The van der Waals surface area contributed by atoms with Crippen LogP contribution in [0.1, 0.15) is 33.9 Å². The van der Waals surface area contributed by atoms with Gasteiger partial charge >= 0.3 is 5.97 Å². The molecule has 4 aromatic rings. The number of carboxylic acid groups (broad SMARTS) is 1. The highest BCUT2D eigenvalue weighted by molar-refractivity contribution is 7.15. The van der Waals surface area contributed by atoms with Crippen LogP contribution in [0.5, 0.6) is 11.6 Å². The van der Waals surface area contributed by atoms with Crippen molar-refractivity contribution in [3.63, 3.8) is 0 Å². The molecule has 0 bridgehead atoms. The fourth-order valence-corrected chi connectivity index (χ4v) is 4.65. The number of benzene rings is 1. The smallest absolute Gasteiger partial charge is 0.356 e. The van der Waals surface area contributed by atoms with Crippen LogP contribution in [0.25, 0.3) is 21.3 Å². The van der Waals surface area contributed by atoms with Gasteiger partial charge in [0.25, 0.3) is 0 Å². The minimum absolute atomic E-state index is 0.0690. The van der Waals surface area contributed by atoms with Crippen LogP contribution >= 0.6 is 11.3 Å². The number of hydrogen-bond donors (Lipinski definition) is 3. The molecule has 0 radical (unpaired) electrons. The Morgan fingerprint density at radius 1 is 1.23 bits per heavy atom. The summed E-state index contributed by atoms with van der Waals surface area (Å²) in [5, 5.41) is 14.6. The number of fused-ring (bicyclic) bond motifs is 1. The number of nitrogens with zero attached hydrogens (tertiary/aromatic N) is 2. The van der Waals surface area contributed by atoms with Crippen molar-refractivity contribution in [1.82, 2.24) is 20.3 Å². The highest BCUT2D eigenvalue weighted by Gasteiger charge is 2.20. The number of nitrogens with one attached hydrogen (secondary N) is 2. The minimum Gasteiger partial charge on any atom is -0.497 e. The second-order valence-electron chi connectivity index (χ2n) is 8.43. The molecule has 9 heteroatoms. The number of carbonyl (C=O) groups is 1. The summed E-state index contributed by atoms with van der Waals surface area (Å²) in [5.41, 5.74) is 3.36. The monoisotopic (exact) mass is 494 g/mol. The van der Waals surface area contributed by atoms with Crippen molar-refractivity contribution in [3.05, 3.63) is 59.0 Å². The Labute approximate surface area is 208 Å². The predicted molar refractivity (Wildman–Crippen MR) is 138 cm³/mol. The van der Waals surface area contributed by atoms with Crippen LogP contribution in [0.4, 0.5) is 0 Å². The molecule has 0 spiro atoms. The van der Waals surface area contributed by atoms with E-state index < -0.39 is 5.97 Å². The van der Waals surface area contributed by atoms with Crippen molar-refractivity contribution in [2.75, 3.05) is 27.3 Å². The van der Waals surface area contributed by atoms with E-state index in [4.69, 9.17) is 14.6 Å². The number of aromatic amines is 1. The van der Waals surface area contributed by atoms with Crippen LogP contribution < -0.4 is 14.8 Å². The van der Waals surface area contributed by atoms with Crippen molar-refractivity contribution in [3.8, 4) is 22.1 Å². The van der Waals surface area contributed by atoms with Crippen LogP contribution in [-0.4, -0.2) is 53.3 Å². The lowest BCUT2D eigenvalue weighted by atomic mass is 10.1. The number of hydrogen-bond acceptors (Lipinski definition) is 7. The number of rotatable bonds is 9. The van der Waals surface area contributed by atoms with E-state index in [1.54, 1.807) is 32.4 Å². The molecule has 0 unspecified atom stereocenters. The van der Waals surface area contributed by atoms with Crippen LogP contribution in [0.3, 0.4) is 0 Å². The summed E-state index contributed by atoms with van der Waals surface area (Å²) >= 11 is 1.34. The largest absolute Gasteiger partial charge is 0.497 e. The standard InChI is InChI=1S/C15H20N2O.C11H10N2O3S/c1-18-13-4-5-15-14(8-13)12(10-17-15)6-7-16-9-11-2-3-11;1-6-13-9(11(14)15)10(17-6)7-3-4-8(16-2)12-5-7/h4-5,8,10-11,16-17H,2-3,6-7,9H2,1H3;3-5H,1-2H3,(H,14,15). The zero-order chi connectivity index (χ0) is 24.8. The third-order valence-electron chi connectivity index (χ3n) is 5.82. The number of methoxy groups -OCH3 is 2. The van der Waals surface area contributed by atoms with Gasteiger partial charge in [0.05, 0.1) is 24.1 Å². The first kappa shape index (κ1) is 24.7. The average Bonchev–Trinajstić information content (AvgIpc) is 3.49. The van der Waals surface area contributed by atoms with E-state index in [0.717, 1.165) is 30.2 Å². The van der Waals surface area contributed by atoms with Gasteiger partial charge < -0.3 is 24.9 Å². The van der Waals surface area contributed by atoms with Gasteiger partial charge in [-0.3, -0.25) is 0 Å². The van der Waals surface area contributed by atoms with Gasteiger partial charge in [0.15, 0.2) is 5.69 Å². The lowest BCUT2D eigenvalue weighted by Gasteiger charge is -2.04. The molecule has 8 nitrogen and oxygen atoms in total. The predicted octanol–water partition coefficient (Wildman–Crippen LogP) is 4.94. The Morgan fingerprint density at radius 2 is 2.06 bits per heavy atom. The molecule has 1 aromatic carbocycles. The molecule has 0 amide bonds. The molecular weight excluding hydrogens is 464 g/mol. The normalized spacial score (nSPS) is 12.8. The van der Waals surface area contributed by atoms with E-state index in [0.29, 0.717) is 15.8 Å². The number of H-pyrrole nitrogens is 1. The molecule has 0 atom stereocenters. The van der Waals surface area contributed by atoms with Crippen molar-refractivity contribution >= 4 is 28.2 Å². The van der Waals surface area contributed by atoms with E-state index >= 15 is 0 Å². The van der Waals surface area contributed by atoms with E-state index in [9.17, 15) is 4.79 Å². The molecular formula is C26H30N4O4S. The Morgan fingerprint density at radius 3 is 2.71 bits per heavy atom. The summed E-state index contributed by atoms with van der Waals surface area (Å²) in [6.07, 6.45) is 7.59. The molecule has 3 aromatic heterocycles. The summed E-state index contributed by atoms with van der Waals surface area (Å²) in [6.45, 7) is 4.02. The number of ether oxygens (including phenoxy) is 2. The first-order valence-electron chi connectivity index (χ1n) is 11.5. The van der Waals surface area contributed by atoms with E-state index in [1.165, 1.54) is 54.3 Å². The third-order valence-corrected chi connectivity index (χ3v) is 6.84. The van der Waals surface area contributed by atoms with Gasteiger partial charge in [-0.05, 0) is 75.0 Å². The Kier molecular flexibility index (Phi) is 7.99. The van der Waals surface area contributed by atoms with Crippen molar-refractivity contribution in [2.45, 2.75) is 26.2 Å². The first-order valence-corrected chi connectivity index (χ1v) is 12.4. The quantitative estimate of drug-likeness (QED) is 0.283. The third kappa shape index (κ3) is 6.37. The molecule has 1 fully saturated rings. The highest BCUT2D eigenvalue weighted by atomic mass is 32.1. The van der Waals surface area contributed by atoms with Crippen LogP contribution in [-0.2, 0) is 6.42 Å². The number of carboxylic acids is 1. The number of aromatic nitrogens is 3. The molecule has 35 heavy (non-hydrogen) atoms. The maximum absolute atomic E-state index is 11.0. The fourth-order valence-electron chi connectivity index (χ4n) is 3.75. The lowest BCUT2D eigenvalue weighted by molar-refractivity contribution is 0.0692. The Balaban J connectivity index is 0.000000165. The molecule has 1 aliphatic carbocycles. The maximum Gasteiger partial charge on any atom is 0.356 e. The summed E-state index contributed by atoms with van der Waals surface area (Å²) < 4.78 is 10.2. The van der Waals surface area contributed by atoms with Gasteiger partial charge in [0, 0.05) is 34.9 Å². The fraction of sp³-hybridized carbons (Fsp3) is 0.346. The molecule has 3 heterocycles. The minimum atomic E-state index is -1.03. The molecule has 5 rings (SSSR count). The molecule has 1 saturated carbocycles. The topological polar surface area (TPSA) is 109 Å². The van der Waals surface area contributed by atoms with Gasteiger partial charge in [-0.2, -0.15) is 0 Å². The number of aromatic carboxylic acids is 1. The van der Waals surface area contributed by atoms with E-state index in [2.05, 4.69) is 38.6 Å². The Bertz CT molecular complexity index is 1280. The summed E-state index contributed by atoms with van der Waals surface area (Å²) in [6, 6.07) is 9.65. The summed E-state index contributed by atoms with van der Waals surface area (Å²) in [5.74, 6) is 1.34. The van der Waals surface area contributed by atoms with Gasteiger partial charge in [0.1, 0.15) is 5.75 Å². The molecule has 184 valence electrons. The number of thiazole rings is 1. The molecule has 3 N–H and O–H groups in total. The lowest BCUT2D eigenvalue weighted by Crippen LogP contribution is -2.19. The molecule has 0 aliphatic heterocycles. The van der Waals surface area contributed by atoms with Crippen LogP contribution in [0, 0.1) is 12.8 Å². The summed E-state index contributed by atoms with van der Waals surface area (Å²) in [4.78, 5) is 23.0. The number of pyridine rings is 1. The molecule has 1 aliphatic rings. The zero-order valence-corrected chi connectivity index (χ0v) is 20.9. The van der Waals surface area contributed by atoms with Gasteiger partial charge in [-0.1, -0.05) is 0 Å². The van der Waals surface area contributed by atoms with Crippen molar-refractivity contribution in [1.29, 1.82) is 0 Å². The van der Waals surface area contributed by atoms with Gasteiger partial charge in [0.2, 0.25) is 5.88 Å². The second kappa shape index (κ2) is 11.3.